The van der Waals surface area contributed by atoms with E-state index in [1.54, 1.807) is 6.92 Å². The Morgan fingerprint density at radius 1 is 1.50 bits per heavy atom. The number of nitrogens with one attached hydrogen (secondary N) is 1. The Morgan fingerprint density at radius 2 is 2.10 bits per heavy atom. The smallest absolute Gasteiger partial charge is 0.146 e. The van der Waals surface area contributed by atoms with E-state index in [0.717, 1.165) is 6.42 Å². The first kappa shape index (κ1) is 7.73. The lowest BCUT2D eigenvalue weighted by Gasteiger charge is -2.07. The zero-order valence-corrected chi connectivity index (χ0v) is 6.85. The lowest BCUT2D eigenvalue weighted by atomic mass is 10.0. The van der Waals surface area contributed by atoms with Crippen LogP contribution in [0.3, 0.4) is 0 Å². The molecule has 0 radical (unpaired) electrons. The Labute approximate surface area is 62.0 Å². The molecule has 0 saturated carbocycles. The highest BCUT2D eigenvalue weighted by atomic mass is 16.1. The minimum absolute atomic E-state index is 0.130. The Morgan fingerprint density at radius 3 is 2.30 bits per heavy atom. The number of Topliss-reactive ketones (excluding diaryl/α,β-unsaturated/α-hetero) is 1. The van der Waals surface area contributed by atoms with Gasteiger partial charge in [-0.05, 0) is 26.2 Å². The number of hydrogen-bond acceptors (Lipinski definition) is 2. The predicted octanol–water partition coefficient (Wildman–Crippen LogP) is 0.962. The SMILES string of the molecule is CC(=O)[C@@H]1C[C@H](C)[C@H](C)N1. The first-order chi connectivity index (χ1) is 4.61. The summed E-state index contributed by atoms with van der Waals surface area (Å²) in [5.74, 6) is 0.921. The Balaban J connectivity index is 2.49. The normalized spacial score (nSPS) is 40.1. The van der Waals surface area contributed by atoms with Gasteiger partial charge in [0.05, 0.1) is 6.04 Å². The first-order valence-electron chi connectivity index (χ1n) is 3.87. The molecule has 10 heavy (non-hydrogen) atoms. The van der Waals surface area contributed by atoms with Crippen molar-refractivity contribution in [3.63, 3.8) is 0 Å². The lowest BCUT2D eigenvalue weighted by molar-refractivity contribution is -0.118. The fraction of sp³-hybridized carbons (Fsp3) is 0.875. The zero-order valence-electron chi connectivity index (χ0n) is 6.85. The molecule has 0 aliphatic carbocycles. The molecule has 1 N–H and O–H groups in total. The number of ketones is 1. The molecule has 1 aliphatic rings. The number of rotatable bonds is 1. The van der Waals surface area contributed by atoms with E-state index >= 15 is 0 Å². The molecule has 1 fully saturated rings. The second-order valence-corrected chi connectivity index (χ2v) is 3.33. The molecule has 0 unspecified atom stereocenters. The Kier molecular flexibility index (Phi) is 2.09. The monoisotopic (exact) mass is 141 g/mol. The molecular weight excluding hydrogens is 126 g/mol. The van der Waals surface area contributed by atoms with Gasteiger partial charge in [-0.15, -0.1) is 0 Å². The highest BCUT2D eigenvalue weighted by Crippen LogP contribution is 2.19. The summed E-state index contributed by atoms with van der Waals surface area (Å²) < 4.78 is 0. The van der Waals surface area contributed by atoms with E-state index in [-0.39, 0.29) is 11.8 Å². The van der Waals surface area contributed by atoms with Crippen LogP contribution in [0.1, 0.15) is 27.2 Å². The Bertz CT molecular complexity index is 134. The molecule has 1 saturated heterocycles. The third-order valence-corrected chi connectivity index (χ3v) is 2.42. The van der Waals surface area contributed by atoms with Gasteiger partial charge in [0, 0.05) is 6.04 Å². The third kappa shape index (κ3) is 1.37. The van der Waals surface area contributed by atoms with Crippen molar-refractivity contribution < 1.29 is 4.79 Å². The standard InChI is InChI=1S/C8H15NO/c1-5-4-8(7(3)10)9-6(5)2/h5-6,8-9H,4H2,1-3H3/t5-,6-,8-/m0/s1. The van der Waals surface area contributed by atoms with Gasteiger partial charge in [-0.3, -0.25) is 4.79 Å². The van der Waals surface area contributed by atoms with E-state index in [1.807, 2.05) is 0 Å². The summed E-state index contributed by atoms with van der Waals surface area (Å²) >= 11 is 0. The van der Waals surface area contributed by atoms with E-state index in [4.69, 9.17) is 0 Å². The second kappa shape index (κ2) is 2.70. The van der Waals surface area contributed by atoms with Crippen molar-refractivity contribution in [2.75, 3.05) is 0 Å². The van der Waals surface area contributed by atoms with E-state index in [2.05, 4.69) is 19.2 Å². The van der Waals surface area contributed by atoms with Gasteiger partial charge >= 0.3 is 0 Å². The summed E-state index contributed by atoms with van der Waals surface area (Å²) in [6.45, 7) is 5.97. The van der Waals surface area contributed by atoms with Gasteiger partial charge in [0.1, 0.15) is 5.78 Å². The molecule has 1 aliphatic heterocycles. The molecular formula is C8H15NO. The van der Waals surface area contributed by atoms with Crippen LogP contribution in [0.15, 0.2) is 0 Å². The van der Waals surface area contributed by atoms with Crippen LogP contribution < -0.4 is 5.32 Å². The molecule has 3 atom stereocenters. The van der Waals surface area contributed by atoms with E-state index in [1.165, 1.54) is 0 Å². The summed E-state index contributed by atoms with van der Waals surface area (Å²) in [5, 5.41) is 3.25. The predicted molar refractivity (Wildman–Crippen MR) is 40.8 cm³/mol. The molecule has 0 amide bonds. The molecule has 1 heterocycles. The zero-order chi connectivity index (χ0) is 7.72. The fourth-order valence-electron chi connectivity index (χ4n) is 1.41. The fourth-order valence-corrected chi connectivity index (χ4v) is 1.41. The van der Waals surface area contributed by atoms with Crippen molar-refractivity contribution in [2.24, 2.45) is 5.92 Å². The van der Waals surface area contributed by atoms with E-state index in [0.29, 0.717) is 12.0 Å². The molecule has 1 rings (SSSR count). The highest BCUT2D eigenvalue weighted by Gasteiger charge is 2.29. The Hall–Kier alpha value is -0.370. The van der Waals surface area contributed by atoms with Crippen LogP contribution in [-0.4, -0.2) is 17.9 Å². The van der Waals surface area contributed by atoms with Crippen molar-refractivity contribution >= 4 is 5.78 Å². The molecule has 2 nitrogen and oxygen atoms in total. The maximum absolute atomic E-state index is 10.9. The van der Waals surface area contributed by atoms with Crippen molar-refractivity contribution in [3.8, 4) is 0 Å². The lowest BCUT2D eigenvalue weighted by Crippen LogP contribution is -2.33. The van der Waals surface area contributed by atoms with Crippen molar-refractivity contribution in [1.82, 2.24) is 5.32 Å². The van der Waals surface area contributed by atoms with Gasteiger partial charge in [-0.1, -0.05) is 6.92 Å². The highest BCUT2D eigenvalue weighted by molar-refractivity contribution is 5.81. The number of hydrogen-bond donors (Lipinski definition) is 1. The largest absolute Gasteiger partial charge is 0.305 e. The van der Waals surface area contributed by atoms with Crippen molar-refractivity contribution in [2.45, 2.75) is 39.3 Å². The van der Waals surface area contributed by atoms with E-state index in [9.17, 15) is 4.79 Å². The molecule has 0 aromatic rings. The molecule has 58 valence electrons. The maximum atomic E-state index is 10.9. The van der Waals surface area contributed by atoms with Gasteiger partial charge in [0.25, 0.3) is 0 Å². The average molecular weight is 141 g/mol. The molecule has 0 spiro atoms. The van der Waals surface area contributed by atoms with Gasteiger partial charge in [-0.25, -0.2) is 0 Å². The van der Waals surface area contributed by atoms with Crippen LogP contribution >= 0.6 is 0 Å². The van der Waals surface area contributed by atoms with Crippen LogP contribution in [0.25, 0.3) is 0 Å². The third-order valence-electron chi connectivity index (χ3n) is 2.42. The minimum Gasteiger partial charge on any atom is -0.305 e. The van der Waals surface area contributed by atoms with E-state index < -0.39 is 0 Å². The van der Waals surface area contributed by atoms with Crippen molar-refractivity contribution in [1.29, 1.82) is 0 Å². The summed E-state index contributed by atoms with van der Waals surface area (Å²) in [6, 6.07) is 0.638. The molecule has 0 aromatic heterocycles. The molecule has 0 bridgehead atoms. The van der Waals surface area contributed by atoms with Gasteiger partial charge < -0.3 is 5.32 Å². The quantitative estimate of drug-likeness (QED) is 0.589. The average Bonchev–Trinajstić information content (AvgIpc) is 2.13. The molecule has 0 aromatic carbocycles. The van der Waals surface area contributed by atoms with Gasteiger partial charge in [-0.2, -0.15) is 0 Å². The minimum atomic E-state index is 0.130. The summed E-state index contributed by atoms with van der Waals surface area (Å²) in [6.07, 6.45) is 1.01. The van der Waals surface area contributed by atoms with Gasteiger partial charge in [0.15, 0.2) is 0 Å². The maximum Gasteiger partial charge on any atom is 0.146 e. The number of carbonyl (C=O) groups is 1. The van der Waals surface area contributed by atoms with Crippen LogP contribution in [-0.2, 0) is 4.79 Å². The number of carbonyl (C=O) groups excluding carboxylic acids is 1. The van der Waals surface area contributed by atoms with Crippen LogP contribution in [0.5, 0.6) is 0 Å². The summed E-state index contributed by atoms with van der Waals surface area (Å²) in [7, 11) is 0. The molecule has 2 heteroatoms. The second-order valence-electron chi connectivity index (χ2n) is 3.33. The first-order valence-corrected chi connectivity index (χ1v) is 3.87. The topological polar surface area (TPSA) is 29.1 Å². The van der Waals surface area contributed by atoms with Crippen LogP contribution in [0.4, 0.5) is 0 Å². The van der Waals surface area contributed by atoms with Gasteiger partial charge in [0.2, 0.25) is 0 Å². The summed E-state index contributed by atoms with van der Waals surface area (Å²) in [5.41, 5.74) is 0. The summed E-state index contributed by atoms with van der Waals surface area (Å²) in [4.78, 5) is 10.9. The van der Waals surface area contributed by atoms with Crippen LogP contribution in [0, 0.1) is 5.92 Å². The van der Waals surface area contributed by atoms with Crippen LogP contribution in [0.2, 0.25) is 0 Å². The van der Waals surface area contributed by atoms with Crippen molar-refractivity contribution in [3.05, 3.63) is 0 Å².